The summed E-state index contributed by atoms with van der Waals surface area (Å²) in [5.74, 6) is -0.329. The molecule has 24 heavy (non-hydrogen) atoms. The van der Waals surface area contributed by atoms with Gasteiger partial charge < -0.3 is 10.4 Å². The number of aromatic nitrogens is 2. The number of phenols is 1. The Morgan fingerprint density at radius 2 is 2.00 bits per heavy atom. The van der Waals surface area contributed by atoms with Gasteiger partial charge in [0.1, 0.15) is 11.4 Å². The SMILES string of the molecule is Cc1c(Cl)cccc1NC(=O)c1cc(-c2cc(Cl)ccc2O)n[nH]1. The number of amides is 1. The topological polar surface area (TPSA) is 78.0 Å². The van der Waals surface area contributed by atoms with Crippen LogP contribution >= 0.6 is 23.2 Å². The van der Waals surface area contributed by atoms with Gasteiger partial charge in [0.15, 0.2) is 0 Å². The molecule has 0 bridgehead atoms. The molecular formula is C17H13Cl2N3O2. The third kappa shape index (κ3) is 3.22. The lowest BCUT2D eigenvalue weighted by Gasteiger charge is -2.08. The highest BCUT2D eigenvalue weighted by molar-refractivity contribution is 6.32. The Labute approximate surface area is 148 Å². The molecule has 122 valence electrons. The van der Waals surface area contributed by atoms with Crippen LogP contribution in [0.4, 0.5) is 5.69 Å². The molecule has 1 amide bonds. The van der Waals surface area contributed by atoms with Crippen molar-refractivity contribution in [3.8, 4) is 17.0 Å². The number of carbonyl (C=O) groups is 1. The third-order valence-electron chi connectivity index (χ3n) is 3.57. The maximum absolute atomic E-state index is 12.4. The fraction of sp³-hybridized carbons (Fsp3) is 0.0588. The quantitative estimate of drug-likeness (QED) is 0.635. The second-order valence-electron chi connectivity index (χ2n) is 5.19. The summed E-state index contributed by atoms with van der Waals surface area (Å²) in [6.07, 6.45) is 0. The van der Waals surface area contributed by atoms with Crippen molar-refractivity contribution in [1.29, 1.82) is 0 Å². The number of benzene rings is 2. The molecule has 0 radical (unpaired) electrons. The highest BCUT2D eigenvalue weighted by atomic mass is 35.5. The molecule has 0 aliphatic rings. The van der Waals surface area contributed by atoms with Gasteiger partial charge in [0.25, 0.3) is 5.91 Å². The van der Waals surface area contributed by atoms with Crippen molar-refractivity contribution in [2.45, 2.75) is 6.92 Å². The summed E-state index contributed by atoms with van der Waals surface area (Å²) in [7, 11) is 0. The Morgan fingerprint density at radius 3 is 2.79 bits per heavy atom. The number of nitrogens with zero attached hydrogens (tertiary/aromatic N) is 1. The molecule has 0 unspecified atom stereocenters. The number of aromatic amines is 1. The zero-order valence-electron chi connectivity index (χ0n) is 12.6. The van der Waals surface area contributed by atoms with Gasteiger partial charge in [-0.2, -0.15) is 5.10 Å². The predicted octanol–water partition coefficient (Wildman–Crippen LogP) is 4.65. The highest BCUT2D eigenvalue weighted by Gasteiger charge is 2.15. The first-order valence-electron chi connectivity index (χ1n) is 7.06. The molecule has 0 spiro atoms. The van der Waals surface area contributed by atoms with Crippen LogP contribution in [-0.4, -0.2) is 21.2 Å². The number of H-pyrrole nitrogens is 1. The molecule has 0 atom stereocenters. The van der Waals surface area contributed by atoms with Crippen LogP contribution in [-0.2, 0) is 0 Å². The summed E-state index contributed by atoms with van der Waals surface area (Å²) in [5.41, 5.74) is 2.51. The fourth-order valence-electron chi connectivity index (χ4n) is 2.22. The molecule has 1 aromatic heterocycles. The van der Waals surface area contributed by atoms with E-state index in [0.717, 1.165) is 5.56 Å². The maximum atomic E-state index is 12.4. The zero-order valence-corrected chi connectivity index (χ0v) is 14.1. The Bertz CT molecular complexity index is 922. The number of phenolic OH excluding ortho intramolecular Hbond substituents is 1. The number of halogens is 2. The second-order valence-corrected chi connectivity index (χ2v) is 6.04. The van der Waals surface area contributed by atoms with Crippen molar-refractivity contribution in [1.82, 2.24) is 10.2 Å². The van der Waals surface area contributed by atoms with E-state index in [0.29, 0.717) is 27.0 Å². The molecule has 0 aliphatic carbocycles. The van der Waals surface area contributed by atoms with E-state index in [1.807, 2.05) is 6.92 Å². The van der Waals surface area contributed by atoms with Crippen molar-refractivity contribution in [3.05, 3.63) is 63.8 Å². The molecular weight excluding hydrogens is 349 g/mol. The molecule has 7 heteroatoms. The summed E-state index contributed by atoms with van der Waals surface area (Å²) in [4.78, 5) is 12.4. The molecule has 3 aromatic rings. The van der Waals surface area contributed by atoms with Crippen molar-refractivity contribution in [3.63, 3.8) is 0 Å². The lowest BCUT2D eigenvalue weighted by atomic mass is 10.1. The Hall–Kier alpha value is -2.50. The van der Waals surface area contributed by atoms with E-state index >= 15 is 0 Å². The van der Waals surface area contributed by atoms with Crippen molar-refractivity contribution >= 4 is 34.8 Å². The first kappa shape index (κ1) is 16.4. The summed E-state index contributed by atoms with van der Waals surface area (Å²) < 4.78 is 0. The smallest absolute Gasteiger partial charge is 0.273 e. The molecule has 3 rings (SSSR count). The minimum atomic E-state index is -0.361. The van der Waals surface area contributed by atoms with Gasteiger partial charge in [-0.3, -0.25) is 9.89 Å². The van der Waals surface area contributed by atoms with Gasteiger partial charge in [-0.1, -0.05) is 29.3 Å². The fourth-order valence-corrected chi connectivity index (χ4v) is 2.57. The monoisotopic (exact) mass is 361 g/mol. The van der Waals surface area contributed by atoms with Crippen molar-refractivity contribution < 1.29 is 9.90 Å². The molecule has 0 aliphatic heterocycles. The predicted molar refractivity (Wildman–Crippen MR) is 94.8 cm³/mol. The van der Waals surface area contributed by atoms with E-state index in [1.165, 1.54) is 6.07 Å². The Balaban J connectivity index is 1.86. The van der Waals surface area contributed by atoms with E-state index in [4.69, 9.17) is 23.2 Å². The first-order chi connectivity index (χ1) is 11.5. The highest BCUT2D eigenvalue weighted by Crippen LogP contribution is 2.31. The minimum absolute atomic E-state index is 0.0311. The number of aromatic hydroxyl groups is 1. The molecule has 2 aromatic carbocycles. The van der Waals surface area contributed by atoms with Crippen LogP contribution in [0.15, 0.2) is 42.5 Å². The van der Waals surface area contributed by atoms with Gasteiger partial charge in [-0.25, -0.2) is 0 Å². The minimum Gasteiger partial charge on any atom is -0.507 e. The normalized spacial score (nSPS) is 10.6. The van der Waals surface area contributed by atoms with E-state index < -0.39 is 0 Å². The van der Waals surface area contributed by atoms with Crippen LogP contribution in [0.5, 0.6) is 5.75 Å². The standard InChI is InChI=1S/C17H13Cl2N3O2/c1-9-12(19)3-2-4-13(9)20-17(24)15-8-14(21-22-15)11-7-10(18)5-6-16(11)23/h2-8,23H,1H3,(H,20,24)(H,21,22). The van der Waals surface area contributed by atoms with Crippen LogP contribution in [0, 0.1) is 6.92 Å². The molecule has 0 fully saturated rings. The summed E-state index contributed by atoms with van der Waals surface area (Å²) in [6.45, 7) is 1.82. The van der Waals surface area contributed by atoms with Crippen LogP contribution in [0.2, 0.25) is 10.0 Å². The van der Waals surface area contributed by atoms with Gasteiger partial charge >= 0.3 is 0 Å². The number of anilines is 1. The van der Waals surface area contributed by atoms with Crippen LogP contribution < -0.4 is 5.32 Å². The maximum Gasteiger partial charge on any atom is 0.273 e. The Kier molecular flexibility index (Phi) is 4.46. The molecule has 0 saturated carbocycles. The number of carbonyl (C=O) groups excluding carboxylic acids is 1. The average molecular weight is 362 g/mol. The largest absolute Gasteiger partial charge is 0.507 e. The van der Waals surface area contributed by atoms with Gasteiger partial charge in [0.2, 0.25) is 0 Å². The van der Waals surface area contributed by atoms with E-state index in [9.17, 15) is 9.90 Å². The molecule has 0 saturated heterocycles. The van der Waals surface area contributed by atoms with Gasteiger partial charge in [-0.15, -0.1) is 0 Å². The number of rotatable bonds is 3. The van der Waals surface area contributed by atoms with E-state index in [1.54, 1.807) is 36.4 Å². The lowest BCUT2D eigenvalue weighted by molar-refractivity contribution is 0.102. The summed E-state index contributed by atoms with van der Waals surface area (Å²) in [5, 5.41) is 20.4. The first-order valence-corrected chi connectivity index (χ1v) is 7.82. The average Bonchev–Trinajstić information content (AvgIpc) is 3.04. The van der Waals surface area contributed by atoms with E-state index in [2.05, 4.69) is 15.5 Å². The molecule has 5 nitrogen and oxygen atoms in total. The van der Waals surface area contributed by atoms with Crippen LogP contribution in [0.1, 0.15) is 16.1 Å². The molecule has 1 heterocycles. The number of nitrogens with one attached hydrogen (secondary N) is 2. The van der Waals surface area contributed by atoms with Gasteiger partial charge in [0.05, 0.1) is 5.69 Å². The van der Waals surface area contributed by atoms with E-state index in [-0.39, 0.29) is 17.4 Å². The van der Waals surface area contributed by atoms with Crippen molar-refractivity contribution in [2.24, 2.45) is 0 Å². The van der Waals surface area contributed by atoms with Crippen LogP contribution in [0.25, 0.3) is 11.3 Å². The zero-order chi connectivity index (χ0) is 17.3. The van der Waals surface area contributed by atoms with Gasteiger partial charge in [0, 0.05) is 21.3 Å². The third-order valence-corrected chi connectivity index (χ3v) is 4.22. The summed E-state index contributed by atoms with van der Waals surface area (Å²) in [6, 6.07) is 11.4. The van der Waals surface area contributed by atoms with Gasteiger partial charge in [-0.05, 0) is 48.9 Å². The lowest BCUT2D eigenvalue weighted by Crippen LogP contribution is -2.13. The number of hydrogen-bond acceptors (Lipinski definition) is 3. The van der Waals surface area contributed by atoms with Crippen molar-refractivity contribution in [2.75, 3.05) is 5.32 Å². The Morgan fingerprint density at radius 1 is 1.21 bits per heavy atom. The number of hydrogen-bond donors (Lipinski definition) is 3. The second kappa shape index (κ2) is 6.55. The molecule has 3 N–H and O–H groups in total. The summed E-state index contributed by atoms with van der Waals surface area (Å²) >= 11 is 12.0. The van der Waals surface area contributed by atoms with Crippen LogP contribution in [0.3, 0.4) is 0 Å².